The Hall–Kier alpha value is -2.28. The van der Waals surface area contributed by atoms with E-state index in [4.69, 9.17) is 5.73 Å². The normalized spacial score (nSPS) is 13.7. The molecular formula is C29H43N. The van der Waals surface area contributed by atoms with Gasteiger partial charge in [0, 0.05) is 11.6 Å². The van der Waals surface area contributed by atoms with Crippen molar-refractivity contribution >= 4 is 5.69 Å². The molecule has 0 saturated heterocycles. The zero-order chi connectivity index (χ0) is 22.5. The Morgan fingerprint density at radius 2 is 1.40 bits per heavy atom. The minimum Gasteiger partial charge on any atom is -0.398 e. The van der Waals surface area contributed by atoms with E-state index in [-0.39, 0.29) is 0 Å². The standard InChI is InChI=1S/C19H25N.C8H12.C2H6/c1-4-7-18-17(8-6-9-19(18)20)16(5-2)15-12-10-14(3)11-13-15;1-7-5-3-4-6-8(7)2;1-2/h6,8-13,16H,4-5,7,20H2,1-3H3;5-6H,3-4H2,1-2H3;1-2H3. The van der Waals surface area contributed by atoms with E-state index >= 15 is 0 Å². The summed E-state index contributed by atoms with van der Waals surface area (Å²) in [4.78, 5) is 0. The van der Waals surface area contributed by atoms with Crippen LogP contribution in [0.3, 0.4) is 0 Å². The molecule has 0 bridgehead atoms. The fraction of sp³-hybridized carbons (Fsp3) is 0.448. The highest BCUT2D eigenvalue weighted by molar-refractivity contribution is 5.54. The lowest BCUT2D eigenvalue weighted by Gasteiger charge is -2.21. The monoisotopic (exact) mass is 405 g/mol. The van der Waals surface area contributed by atoms with E-state index in [2.05, 4.69) is 83.2 Å². The molecule has 1 atom stereocenters. The molecular weight excluding hydrogens is 362 g/mol. The summed E-state index contributed by atoms with van der Waals surface area (Å²) < 4.78 is 0. The van der Waals surface area contributed by atoms with E-state index in [0.717, 1.165) is 24.9 Å². The van der Waals surface area contributed by atoms with Crippen LogP contribution in [0.1, 0.15) is 95.4 Å². The Kier molecular flexibility index (Phi) is 11.9. The van der Waals surface area contributed by atoms with E-state index in [0.29, 0.717) is 5.92 Å². The second kappa shape index (κ2) is 13.9. The molecule has 0 heterocycles. The molecule has 0 saturated carbocycles. The van der Waals surface area contributed by atoms with Crippen LogP contribution in [0, 0.1) is 6.92 Å². The lowest BCUT2D eigenvalue weighted by atomic mass is 9.84. The lowest BCUT2D eigenvalue weighted by Crippen LogP contribution is -2.06. The maximum Gasteiger partial charge on any atom is 0.0349 e. The van der Waals surface area contributed by atoms with Crippen molar-refractivity contribution in [3.05, 3.63) is 88.0 Å². The van der Waals surface area contributed by atoms with Gasteiger partial charge in [-0.15, -0.1) is 0 Å². The molecule has 30 heavy (non-hydrogen) atoms. The maximum absolute atomic E-state index is 6.20. The Balaban J connectivity index is 0.000000375. The number of nitrogen functional groups attached to an aromatic ring is 1. The third-order valence-electron chi connectivity index (χ3n) is 5.70. The first-order chi connectivity index (χ1) is 14.5. The lowest BCUT2D eigenvalue weighted by molar-refractivity contribution is 0.758. The number of hydrogen-bond donors (Lipinski definition) is 1. The summed E-state index contributed by atoms with van der Waals surface area (Å²) in [5.74, 6) is 0.445. The smallest absolute Gasteiger partial charge is 0.0349 e. The molecule has 1 heteroatoms. The van der Waals surface area contributed by atoms with Gasteiger partial charge in [-0.1, -0.05) is 99.4 Å². The first-order valence-electron chi connectivity index (χ1n) is 11.8. The maximum atomic E-state index is 6.20. The van der Waals surface area contributed by atoms with Crippen molar-refractivity contribution in [3.63, 3.8) is 0 Å². The summed E-state index contributed by atoms with van der Waals surface area (Å²) in [6, 6.07) is 15.3. The zero-order valence-electron chi connectivity index (χ0n) is 20.4. The minimum absolute atomic E-state index is 0.445. The van der Waals surface area contributed by atoms with Gasteiger partial charge in [0.25, 0.3) is 0 Å². The predicted molar refractivity (Wildman–Crippen MR) is 136 cm³/mol. The number of nitrogens with two attached hydrogens (primary N) is 1. The Labute approximate surface area is 186 Å². The second-order valence-corrected chi connectivity index (χ2v) is 7.89. The molecule has 0 amide bonds. The summed E-state index contributed by atoms with van der Waals surface area (Å²) in [6.07, 6.45) is 10.4. The van der Waals surface area contributed by atoms with Crippen molar-refractivity contribution in [3.8, 4) is 0 Å². The van der Waals surface area contributed by atoms with Crippen LogP contribution in [0.15, 0.2) is 65.8 Å². The molecule has 3 rings (SSSR count). The molecule has 1 aliphatic carbocycles. The molecule has 1 nitrogen and oxygen atoms in total. The Morgan fingerprint density at radius 1 is 0.833 bits per heavy atom. The van der Waals surface area contributed by atoms with Crippen LogP contribution in [-0.4, -0.2) is 0 Å². The summed E-state index contributed by atoms with van der Waals surface area (Å²) >= 11 is 0. The molecule has 1 unspecified atom stereocenters. The highest BCUT2D eigenvalue weighted by Gasteiger charge is 2.16. The van der Waals surface area contributed by atoms with Crippen LogP contribution < -0.4 is 5.73 Å². The van der Waals surface area contributed by atoms with Gasteiger partial charge >= 0.3 is 0 Å². The predicted octanol–water partition coefficient (Wildman–Crippen LogP) is 8.77. The molecule has 2 N–H and O–H groups in total. The van der Waals surface area contributed by atoms with Gasteiger partial charge in [-0.05, 0) is 69.2 Å². The van der Waals surface area contributed by atoms with Gasteiger partial charge in [0.05, 0.1) is 0 Å². The molecule has 0 spiro atoms. The van der Waals surface area contributed by atoms with Crippen molar-refractivity contribution in [1.29, 1.82) is 0 Å². The average molecular weight is 406 g/mol. The van der Waals surface area contributed by atoms with E-state index in [1.165, 1.54) is 46.2 Å². The molecule has 164 valence electrons. The number of allylic oxidation sites excluding steroid dienone is 4. The van der Waals surface area contributed by atoms with Crippen LogP contribution in [0.2, 0.25) is 0 Å². The largest absolute Gasteiger partial charge is 0.398 e. The van der Waals surface area contributed by atoms with Crippen molar-refractivity contribution < 1.29 is 0 Å². The number of rotatable bonds is 5. The third-order valence-corrected chi connectivity index (χ3v) is 5.70. The van der Waals surface area contributed by atoms with Crippen LogP contribution in [0.5, 0.6) is 0 Å². The fourth-order valence-electron chi connectivity index (χ4n) is 3.84. The van der Waals surface area contributed by atoms with Gasteiger partial charge in [0.2, 0.25) is 0 Å². The second-order valence-electron chi connectivity index (χ2n) is 7.89. The summed E-state index contributed by atoms with van der Waals surface area (Å²) in [5.41, 5.74) is 15.5. The molecule has 0 aromatic heterocycles. The topological polar surface area (TPSA) is 26.0 Å². The van der Waals surface area contributed by atoms with Gasteiger partial charge in [0.15, 0.2) is 0 Å². The highest BCUT2D eigenvalue weighted by atomic mass is 14.6. The van der Waals surface area contributed by atoms with E-state index < -0.39 is 0 Å². The molecule has 0 fully saturated rings. The quantitative estimate of drug-likeness (QED) is 0.494. The first kappa shape index (κ1) is 25.8. The summed E-state index contributed by atoms with van der Waals surface area (Å²) in [7, 11) is 0. The first-order valence-corrected chi connectivity index (χ1v) is 11.8. The molecule has 0 radical (unpaired) electrons. The Bertz CT molecular complexity index is 791. The number of aryl methyl sites for hydroxylation is 1. The van der Waals surface area contributed by atoms with E-state index in [1.807, 2.05) is 19.9 Å². The van der Waals surface area contributed by atoms with Crippen molar-refractivity contribution in [2.45, 2.75) is 86.5 Å². The van der Waals surface area contributed by atoms with Crippen molar-refractivity contribution in [2.24, 2.45) is 0 Å². The minimum atomic E-state index is 0.445. The third kappa shape index (κ3) is 7.52. The van der Waals surface area contributed by atoms with Crippen molar-refractivity contribution in [2.75, 3.05) is 5.73 Å². The van der Waals surface area contributed by atoms with E-state index in [1.54, 1.807) is 0 Å². The van der Waals surface area contributed by atoms with Gasteiger partial charge in [-0.3, -0.25) is 0 Å². The number of hydrogen-bond acceptors (Lipinski definition) is 1. The zero-order valence-corrected chi connectivity index (χ0v) is 20.4. The molecule has 0 aliphatic heterocycles. The van der Waals surface area contributed by atoms with Crippen LogP contribution in [-0.2, 0) is 6.42 Å². The molecule has 1 aliphatic rings. The van der Waals surface area contributed by atoms with Crippen molar-refractivity contribution in [1.82, 2.24) is 0 Å². The van der Waals surface area contributed by atoms with Crippen LogP contribution in [0.4, 0.5) is 5.69 Å². The fourth-order valence-corrected chi connectivity index (χ4v) is 3.84. The SMILES string of the molecule is CC.CC1=CCCC=C1C.CCCc1c(N)cccc1C(CC)c1ccc(C)cc1. The summed E-state index contributed by atoms with van der Waals surface area (Å²) in [6.45, 7) is 14.9. The van der Waals surface area contributed by atoms with Crippen LogP contribution >= 0.6 is 0 Å². The molecule has 2 aromatic rings. The number of benzene rings is 2. The van der Waals surface area contributed by atoms with E-state index in [9.17, 15) is 0 Å². The number of anilines is 1. The Morgan fingerprint density at radius 3 is 1.87 bits per heavy atom. The molecule has 2 aromatic carbocycles. The summed E-state index contributed by atoms with van der Waals surface area (Å²) in [5, 5.41) is 0. The van der Waals surface area contributed by atoms with Gasteiger partial charge in [0.1, 0.15) is 0 Å². The highest BCUT2D eigenvalue weighted by Crippen LogP contribution is 2.33. The van der Waals surface area contributed by atoms with Crippen LogP contribution in [0.25, 0.3) is 0 Å². The van der Waals surface area contributed by atoms with Gasteiger partial charge < -0.3 is 5.73 Å². The van der Waals surface area contributed by atoms with Gasteiger partial charge in [-0.2, -0.15) is 0 Å². The average Bonchev–Trinajstić information content (AvgIpc) is 2.76. The van der Waals surface area contributed by atoms with Gasteiger partial charge in [-0.25, -0.2) is 0 Å².